The molecular weight excluding hydrogens is 300 g/mol. The number of hydrazone groups is 1. The monoisotopic (exact) mass is 322 g/mol. The summed E-state index contributed by atoms with van der Waals surface area (Å²) in [5.41, 5.74) is 4.03. The molecule has 2 aliphatic rings. The van der Waals surface area contributed by atoms with Crippen LogP contribution in [0.4, 0.5) is 0 Å². The summed E-state index contributed by atoms with van der Waals surface area (Å²) in [6, 6.07) is 14.0. The quantitative estimate of drug-likeness (QED) is 0.900. The third-order valence-electron chi connectivity index (χ3n) is 4.76. The standard InChI is InChI=1S/C20H22N2O2/c1-12(2)20-22-17(14-6-4-5-7-19(14)24-20)11-16(21-22)15-10-13(3)8-9-18(15)23/h4-10,12,17,20,23H,11H2,1-3H3/t17-,20+/m1/s1. The largest absolute Gasteiger partial charge is 0.507 e. The van der Waals surface area contributed by atoms with Gasteiger partial charge in [0, 0.05) is 23.5 Å². The zero-order chi connectivity index (χ0) is 16.8. The second-order valence-electron chi connectivity index (χ2n) is 6.96. The molecule has 2 aromatic rings. The van der Waals surface area contributed by atoms with E-state index in [9.17, 15) is 5.11 Å². The smallest absolute Gasteiger partial charge is 0.190 e. The molecule has 0 spiro atoms. The van der Waals surface area contributed by atoms with Crippen LogP contribution < -0.4 is 4.74 Å². The van der Waals surface area contributed by atoms with Gasteiger partial charge in [0.2, 0.25) is 0 Å². The highest BCUT2D eigenvalue weighted by Gasteiger charge is 2.41. The summed E-state index contributed by atoms with van der Waals surface area (Å²) in [5, 5.41) is 17.2. The Labute approximate surface area is 142 Å². The number of hydrogen-bond acceptors (Lipinski definition) is 4. The van der Waals surface area contributed by atoms with E-state index in [1.807, 2.05) is 37.3 Å². The zero-order valence-corrected chi connectivity index (χ0v) is 14.2. The Morgan fingerprint density at radius 2 is 2.00 bits per heavy atom. The summed E-state index contributed by atoms with van der Waals surface area (Å²) in [7, 11) is 0. The fourth-order valence-electron chi connectivity index (χ4n) is 3.55. The van der Waals surface area contributed by atoms with Crippen LogP contribution in [0.15, 0.2) is 47.6 Å². The maximum absolute atomic E-state index is 10.3. The van der Waals surface area contributed by atoms with Crippen LogP contribution in [0.1, 0.15) is 43.0 Å². The van der Waals surface area contributed by atoms with Crippen LogP contribution in [-0.2, 0) is 0 Å². The van der Waals surface area contributed by atoms with E-state index in [-0.39, 0.29) is 18.0 Å². The Balaban J connectivity index is 1.78. The first-order valence-corrected chi connectivity index (χ1v) is 8.46. The number of para-hydroxylation sites is 1. The third kappa shape index (κ3) is 2.33. The summed E-state index contributed by atoms with van der Waals surface area (Å²) in [6.45, 7) is 6.32. The van der Waals surface area contributed by atoms with Crippen molar-refractivity contribution < 1.29 is 9.84 Å². The van der Waals surface area contributed by atoms with Gasteiger partial charge in [-0.2, -0.15) is 5.10 Å². The number of phenols is 1. The molecule has 0 amide bonds. The Morgan fingerprint density at radius 3 is 2.79 bits per heavy atom. The number of benzene rings is 2. The average molecular weight is 322 g/mol. The lowest BCUT2D eigenvalue weighted by Gasteiger charge is -2.39. The zero-order valence-electron chi connectivity index (χ0n) is 14.2. The number of ether oxygens (including phenoxy) is 1. The molecule has 0 unspecified atom stereocenters. The van der Waals surface area contributed by atoms with Crippen molar-refractivity contribution in [2.75, 3.05) is 0 Å². The lowest BCUT2D eigenvalue weighted by atomic mass is 9.95. The van der Waals surface area contributed by atoms with Crippen LogP contribution in [0.3, 0.4) is 0 Å². The van der Waals surface area contributed by atoms with E-state index < -0.39 is 0 Å². The number of rotatable bonds is 2. The molecular formula is C20H22N2O2. The van der Waals surface area contributed by atoms with E-state index in [1.165, 1.54) is 5.56 Å². The van der Waals surface area contributed by atoms with E-state index in [4.69, 9.17) is 9.84 Å². The van der Waals surface area contributed by atoms with Gasteiger partial charge in [0.15, 0.2) is 6.23 Å². The Morgan fingerprint density at radius 1 is 1.21 bits per heavy atom. The lowest BCUT2D eigenvalue weighted by Crippen LogP contribution is -2.43. The van der Waals surface area contributed by atoms with E-state index in [2.05, 4.69) is 24.9 Å². The Bertz CT molecular complexity index is 813. The van der Waals surface area contributed by atoms with Crippen LogP contribution >= 0.6 is 0 Å². The molecule has 24 heavy (non-hydrogen) atoms. The molecule has 4 nitrogen and oxygen atoms in total. The number of phenolic OH excluding ortho intramolecular Hbond substituents is 1. The Hall–Kier alpha value is -2.49. The summed E-state index contributed by atoms with van der Waals surface area (Å²) >= 11 is 0. The molecule has 2 aliphatic heterocycles. The minimum absolute atomic E-state index is 0.0886. The van der Waals surface area contributed by atoms with Crippen LogP contribution in [0.2, 0.25) is 0 Å². The van der Waals surface area contributed by atoms with Crippen LogP contribution in [0.5, 0.6) is 11.5 Å². The molecule has 4 rings (SSSR count). The van der Waals surface area contributed by atoms with Gasteiger partial charge in [0.1, 0.15) is 11.5 Å². The van der Waals surface area contributed by atoms with Gasteiger partial charge in [-0.25, -0.2) is 5.01 Å². The minimum Gasteiger partial charge on any atom is -0.507 e. The number of aryl methyl sites for hydroxylation is 1. The molecule has 2 atom stereocenters. The van der Waals surface area contributed by atoms with Crippen molar-refractivity contribution in [1.29, 1.82) is 0 Å². The van der Waals surface area contributed by atoms with Gasteiger partial charge in [-0.3, -0.25) is 0 Å². The molecule has 0 saturated carbocycles. The van der Waals surface area contributed by atoms with E-state index in [0.717, 1.165) is 29.0 Å². The first kappa shape index (κ1) is 15.1. The lowest BCUT2D eigenvalue weighted by molar-refractivity contribution is -0.0461. The average Bonchev–Trinajstić information content (AvgIpc) is 3.01. The molecule has 1 N–H and O–H groups in total. The first-order valence-electron chi connectivity index (χ1n) is 8.46. The highest BCUT2D eigenvalue weighted by atomic mass is 16.5. The molecule has 0 radical (unpaired) electrons. The molecule has 2 heterocycles. The summed E-state index contributed by atoms with van der Waals surface area (Å²) < 4.78 is 6.20. The van der Waals surface area contributed by atoms with E-state index in [0.29, 0.717) is 5.92 Å². The van der Waals surface area contributed by atoms with Gasteiger partial charge in [-0.1, -0.05) is 43.7 Å². The van der Waals surface area contributed by atoms with Crippen molar-refractivity contribution in [2.45, 2.75) is 39.5 Å². The second kappa shape index (κ2) is 5.55. The molecule has 4 heteroatoms. The number of nitrogens with zero attached hydrogens (tertiary/aromatic N) is 2. The SMILES string of the molecule is Cc1ccc(O)c(C2=NN3[C@H](C2)c2ccccc2O[C@H]3C(C)C)c1. The summed E-state index contributed by atoms with van der Waals surface area (Å²) in [4.78, 5) is 0. The van der Waals surface area contributed by atoms with Crippen LogP contribution in [-0.4, -0.2) is 22.1 Å². The fraction of sp³-hybridized carbons (Fsp3) is 0.350. The summed E-state index contributed by atoms with van der Waals surface area (Å²) in [5.74, 6) is 1.55. The van der Waals surface area contributed by atoms with E-state index >= 15 is 0 Å². The molecule has 124 valence electrons. The molecule has 0 fully saturated rings. The van der Waals surface area contributed by atoms with Crippen molar-refractivity contribution >= 4 is 5.71 Å². The van der Waals surface area contributed by atoms with Gasteiger partial charge in [-0.15, -0.1) is 0 Å². The predicted molar refractivity (Wildman–Crippen MR) is 94.3 cm³/mol. The first-order chi connectivity index (χ1) is 11.5. The summed E-state index contributed by atoms with van der Waals surface area (Å²) in [6.07, 6.45) is 0.690. The predicted octanol–water partition coefficient (Wildman–Crippen LogP) is 4.23. The second-order valence-corrected chi connectivity index (χ2v) is 6.96. The van der Waals surface area contributed by atoms with Crippen molar-refractivity contribution in [3.05, 3.63) is 59.2 Å². The van der Waals surface area contributed by atoms with Crippen molar-refractivity contribution in [1.82, 2.24) is 5.01 Å². The molecule has 2 aromatic carbocycles. The number of fused-ring (bicyclic) bond motifs is 3. The molecule has 0 saturated heterocycles. The molecule has 0 aromatic heterocycles. The van der Waals surface area contributed by atoms with Crippen LogP contribution in [0.25, 0.3) is 0 Å². The number of aromatic hydroxyl groups is 1. The van der Waals surface area contributed by atoms with Crippen molar-refractivity contribution in [2.24, 2.45) is 11.0 Å². The van der Waals surface area contributed by atoms with Crippen LogP contribution in [0, 0.1) is 12.8 Å². The molecule has 0 bridgehead atoms. The van der Waals surface area contributed by atoms with Gasteiger partial charge < -0.3 is 9.84 Å². The van der Waals surface area contributed by atoms with Crippen molar-refractivity contribution in [3.8, 4) is 11.5 Å². The van der Waals surface area contributed by atoms with E-state index in [1.54, 1.807) is 6.07 Å². The topological polar surface area (TPSA) is 45.1 Å². The highest BCUT2D eigenvalue weighted by Crippen LogP contribution is 2.44. The maximum atomic E-state index is 10.3. The highest BCUT2D eigenvalue weighted by molar-refractivity contribution is 6.04. The van der Waals surface area contributed by atoms with Crippen molar-refractivity contribution in [3.63, 3.8) is 0 Å². The molecule has 0 aliphatic carbocycles. The number of hydrogen-bond donors (Lipinski definition) is 1. The van der Waals surface area contributed by atoms with Gasteiger partial charge in [-0.05, 0) is 25.1 Å². The normalized spacial score (nSPS) is 22.0. The third-order valence-corrected chi connectivity index (χ3v) is 4.76. The minimum atomic E-state index is -0.0886. The van der Waals surface area contributed by atoms with Gasteiger partial charge >= 0.3 is 0 Å². The van der Waals surface area contributed by atoms with Gasteiger partial charge in [0.25, 0.3) is 0 Å². The van der Waals surface area contributed by atoms with Gasteiger partial charge in [0.05, 0.1) is 11.8 Å². The fourth-order valence-corrected chi connectivity index (χ4v) is 3.55. The Kier molecular flexibility index (Phi) is 3.48. The maximum Gasteiger partial charge on any atom is 0.190 e.